The van der Waals surface area contributed by atoms with Crippen LogP contribution < -0.4 is 14.2 Å². The third-order valence-corrected chi connectivity index (χ3v) is 2.61. The van der Waals surface area contributed by atoms with Crippen LogP contribution in [0.25, 0.3) is 0 Å². The highest BCUT2D eigenvalue weighted by Crippen LogP contribution is 2.37. The van der Waals surface area contributed by atoms with E-state index < -0.39 is 0 Å². The number of benzene rings is 2. The van der Waals surface area contributed by atoms with Gasteiger partial charge in [0.1, 0.15) is 6.61 Å². The standard InChI is InChI=1S/C15H16O3/c1-16-13-9-6-10-14(17-2)15(13)18-11-12-7-4-3-5-8-12/h3-10H,11H2,1-2H3. The predicted molar refractivity (Wildman–Crippen MR) is 70.3 cm³/mol. The zero-order chi connectivity index (χ0) is 12.8. The van der Waals surface area contributed by atoms with Crippen molar-refractivity contribution in [3.8, 4) is 17.2 Å². The topological polar surface area (TPSA) is 27.7 Å². The first-order chi connectivity index (χ1) is 8.85. The van der Waals surface area contributed by atoms with Crippen LogP contribution in [-0.2, 0) is 6.61 Å². The summed E-state index contributed by atoms with van der Waals surface area (Å²) in [6.07, 6.45) is 0. The number of para-hydroxylation sites is 1. The van der Waals surface area contributed by atoms with E-state index in [0.717, 1.165) is 5.56 Å². The second kappa shape index (κ2) is 5.96. The van der Waals surface area contributed by atoms with Crippen LogP contribution in [0.1, 0.15) is 5.56 Å². The number of hydrogen-bond donors (Lipinski definition) is 0. The Labute approximate surface area is 107 Å². The van der Waals surface area contributed by atoms with E-state index in [0.29, 0.717) is 23.9 Å². The first kappa shape index (κ1) is 12.3. The van der Waals surface area contributed by atoms with Crippen LogP contribution in [0.3, 0.4) is 0 Å². The summed E-state index contributed by atoms with van der Waals surface area (Å²) in [5.41, 5.74) is 1.10. The number of methoxy groups -OCH3 is 2. The van der Waals surface area contributed by atoms with Gasteiger partial charge in [0.15, 0.2) is 11.5 Å². The average Bonchev–Trinajstić information content (AvgIpc) is 2.45. The molecule has 0 unspecified atom stereocenters. The zero-order valence-corrected chi connectivity index (χ0v) is 10.6. The minimum absolute atomic E-state index is 0.484. The summed E-state index contributed by atoms with van der Waals surface area (Å²) in [6.45, 7) is 0.484. The lowest BCUT2D eigenvalue weighted by molar-refractivity contribution is 0.266. The second-order valence-corrected chi connectivity index (χ2v) is 3.77. The lowest BCUT2D eigenvalue weighted by Gasteiger charge is -2.14. The van der Waals surface area contributed by atoms with Crippen molar-refractivity contribution >= 4 is 0 Å². The zero-order valence-electron chi connectivity index (χ0n) is 10.6. The Morgan fingerprint density at radius 3 is 1.94 bits per heavy atom. The van der Waals surface area contributed by atoms with E-state index in [1.807, 2.05) is 48.5 Å². The third kappa shape index (κ3) is 2.74. The van der Waals surface area contributed by atoms with Crippen molar-refractivity contribution in [1.29, 1.82) is 0 Å². The van der Waals surface area contributed by atoms with Gasteiger partial charge in [0.05, 0.1) is 14.2 Å². The Kier molecular flexibility index (Phi) is 4.07. The highest BCUT2D eigenvalue weighted by molar-refractivity contribution is 5.51. The largest absolute Gasteiger partial charge is 0.493 e. The van der Waals surface area contributed by atoms with Gasteiger partial charge in [-0.15, -0.1) is 0 Å². The van der Waals surface area contributed by atoms with E-state index in [2.05, 4.69) is 0 Å². The Balaban J connectivity index is 2.17. The minimum Gasteiger partial charge on any atom is -0.493 e. The summed E-state index contributed by atoms with van der Waals surface area (Å²) in [5, 5.41) is 0. The van der Waals surface area contributed by atoms with Gasteiger partial charge in [-0.2, -0.15) is 0 Å². The van der Waals surface area contributed by atoms with Gasteiger partial charge in [0.2, 0.25) is 5.75 Å². The van der Waals surface area contributed by atoms with Gasteiger partial charge in [-0.3, -0.25) is 0 Å². The summed E-state index contributed by atoms with van der Waals surface area (Å²) >= 11 is 0. The maximum absolute atomic E-state index is 5.79. The van der Waals surface area contributed by atoms with Crippen LogP contribution in [-0.4, -0.2) is 14.2 Å². The van der Waals surface area contributed by atoms with Crippen LogP contribution in [0.2, 0.25) is 0 Å². The van der Waals surface area contributed by atoms with Crippen LogP contribution in [0.15, 0.2) is 48.5 Å². The Morgan fingerprint density at radius 2 is 1.39 bits per heavy atom. The molecule has 0 bridgehead atoms. The molecule has 0 atom stereocenters. The number of ether oxygens (including phenoxy) is 3. The van der Waals surface area contributed by atoms with Gasteiger partial charge in [-0.05, 0) is 17.7 Å². The monoisotopic (exact) mass is 244 g/mol. The molecule has 94 valence electrons. The molecular weight excluding hydrogens is 228 g/mol. The van der Waals surface area contributed by atoms with Crippen LogP contribution in [0, 0.1) is 0 Å². The summed E-state index contributed by atoms with van der Waals surface area (Å²) in [6, 6.07) is 15.5. The summed E-state index contributed by atoms with van der Waals surface area (Å²) in [5.74, 6) is 1.97. The molecule has 0 N–H and O–H groups in total. The second-order valence-electron chi connectivity index (χ2n) is 3.77. The maximum atomic E-state index is 5.79. The molecule has 18 heavy (non-hydrogen) atoms. The number of rotatable bonds is 5. The molecule has 3 heteroatoms. The highest BCUT2D eigenvalue weighted by atomic mass is 16.5. The molecule has 0 fully saturated rings. The van der Waals surface area contributed by atoms with Gasteiger partial charge in [-0.1, -0.05) is 36.4 Å². The van der Waals surface area contributed by atoms with E-state index in [4.69, 9.17) is 14.2 Å². The highest BCUT2D eigenvalue weighted by Gasteiger charge is 2.10. The van der Waals surface area contributed by atoms with Crippen LogP contribution in [0.4, 0.5) is 0 Å². The Hall–Kier alpha value is -2.16. The van der Waals surface area contributed by atoms with Crippen molar-refractivity contribution in [2.45, 2.75) is 6.61 Å². The molecule has 0 radical (unpaired) electrons. The van der Waals surface area contributed by atoms with E-state index in [-0.39, 0.29) is 0 Å². The molecule has 0 heterocycles. The van der Waals surface area contributed by atoms with Gasteiger partial charge in [0, 0.05) is 0 Å². The molecule has 0 aliphatic heterocycles. The molecule has 0 spiro atoms. The van der Waals surface area contributed by atoms with Gasteiger partial charge in [0.25, 0.3) is 0 Å². The SMILES string of the molecule is COc1cccc(OC)c1OCc1ccccc1. The lowest BCUT2D eigenvalue weighted by Crippen LogP contribution is -1.99. The first-order valence-electron chi connectivity index (χ1n) is 5.73. The quantitative estimate of drug-likeness (QED) is 0.807. The van der Waals surface area contributed by atoms with E-state index in [9.17, 15) is 0 Å². The summed E-state index contributed by atoms with van der Waals surface area (Å²) < 4.78 is 16.3. The third-order valence-electron chi connectivity index (χ3n) is 2.61. The molecule has 2 aromatic rings. The van der Waals surface area contributed by atoms with Crippen LogP contribution >= 0.6 is 0 Å². The Morgan fingerprint density at radius 1 is 0.778 bits per heavy atom. The average molecular weight is 244 g/mol. The van der Waals surface area contributed by atoms with Gasteiger partial charge >= 0.3 is 0 Å². The molecule has 0 saturated heterocycles. The molecule has 0 aliphatic carbocycles. The van der Waals surface area contributed by atoms with Gasteiger partial charge < -0.3 is 14.2 Å². The fraction of sp³-hybridized carbons (Fsp3) is 0.200. The maximum Gasteiger partial charge on any atom is 0.203 e. The Bertz CT molecular complexity index is 472. The molecule has 3 nitrogen and oxygen atoms in total. The predicted octanol–water partition coefficient (Wildman–Crippen LogP) is 3.28. The molecule has 0 amide bonds. The molecule has 0 saturated carbocycles. The molecule has 0 aromatic heterocycles. The molecular formula is C15H16O3. The smallest absolute Gasteiger partial charge is 0.203 e. The number of hydrogen-bond acceptors (Lipinski definition) is 3. The van der Waals surface area contributed by atoms with Crippen molar-refractivity contribution in [3.63, 3.8) is 0 Å². The van der Waals surface area contributed by atoms with E-state index in [1.165, 1.54) is 0 Å². The molecule has 2 aromatic carbocycles. The van der Waals surface area contributed by atoms with E-state index >= 15 is 0 Å². The summed E-state index contributed by atoms with van der Waals surface area (Å²) in [4.78, 5) is 0. The fourth-order valence-corrected chi connectivity index (χ4v) is 1.69. The first-order valence-corrected chi connectivity index (χ1v) is 5.73. The van der Waals surface area contributed by atoms with Crippen LogP contribution in [0.5, 0.6) is 17.2 Å². The lowest BCUT2D eigenvalue weighted by atomic mass is 10.2. The summed E-state index contributed by atoms with van der Waals surface area (Å²) in [7, 11) is 3.23. The molecule has 0 aliphatic rings. The normalized spacial score (nSPS) is 9.89. The van der Waals surface area contributed by atoms with Gasteiger partial charge in [-0.25, -0.2) is 0 Å². The van der Waals surface area contributed by atoms with E-state index in [1.54, 1.807) is 14.2 Å². The van der Waals surface area contributed by atoms with Crippen molar-refractivity contribution < 1.29 is 14.2 Å². The van der Waals surface area contributed by atoms with Crippen molar-refractivity contribution in [2.24, 2.45) is 0 Å². The fourth-order valence-electron chi connectivity index (χ4n) is 1.69. The van der Waals surface area contributed by atoms with Crippen molar-refractivity contribution in [1.82, 2.24) is 0 Å². The molecule has 2 rings (SSSR count). The van der Waals surface area contributed by atoms with Crippen molar-refractivity contribution in [2.75, 3.05) is 14.2 Å². The van der Waals surface area contributed by atoms with Crippen molar-refractivity contribution in [3.05, 3.63) is 54.1 Å². The minimum atomic E-state index is 0.484.